The van der Waals surface area contributed by atoms with Gasteiger partial charge in [0, 0.05) is 25.4 Å². The smallest absolute Gasteiger partial charge is 0.302 e. The number of aryl methyl sites for hydroxylation is 1. The van der Waals surface area contributed by atoms with Crippen molar-refractivity contribution in [3.63, 3.8) is 0 Å². The first-order valence-electron chi connectivity index (χ1n) is 9.54. The van der Waals surface area contributed by atoms with E-state index in [9.17, 15) is 22.8 Å². The molecule has 30 heavy (non-hydrogen) atoms. The zero-order valence-corrected chi connectivity index (χ0v) is 16.3. The quantitative estimate of drug-likeness (QED) is 0.649. The van der Waals surface area contributed by atoms with Crippen LogP contribution in [0.2, 0.25) is 0 Å². The molecule has 3 aromatic rings. The number of alkyl halides is 3. The van der Waals surface area contributed by atoms with E-state index in [0.29, 0.717) is 24.0 Å². The van der Waals surface area contributed by atoms with Crippen molar-refractivity contribution in [1.29, 1.82) is 0 Å². The van der Waals surface area contributed by atoms with E-state index in [2.05, 4.69) is 9.97 Å². The zero-order chi connectivity index (χ0) is 21.5. The minimum Gasteiger partial charge on any atom is -0.302 e. The molecule has 1 unspecified atom stereocenters. The second-order valence-electron chi connectivity index (χ2n) is 7.46. The van der Waals surface area contributed by atoms with E-state index >= 15 is 0 Å². The monoisotopic (exact) mass is 419 g/mol. The fourth-order valence-electron chi connectivity index (χ4n) is 3.96. The Morgan fingerprint density at radius 3 is 2.70 bits per heavy atom. The number of fused-ring (bicyclic) bond motifs is 1. The number of aromatic nitrogens is 4. The predicted molar refractivity (Wildman–Crippen MR) is 104 cm³/mol. The summed E-state index contributed by atoms with van der Waals surface area (Å²) >= 11 is 0. The van der Waals surface area contributed by atoms with Crippen LogP contribution in [0.25, 0.3) is 10.9 Å². The summed E-state index contributed by atoms with van der Waals surface area (Å²) in [6.45, 7) is -0.602. The van der Waals surface area contributed by atoms with Gasteiger partial charge in [0.2, 0.25) is 0 Å². The second-order valence-corrected chi connectivity index (χ2v) is 7.46. The highest BCUT2D eigenvalue weighted by Crippen LogP contribution is 2.33. The number of halogens is 3. The van der Waals surface area contributed by atoms with E-state index in [-0.39, 0.29) is 23.3 Å². The molecule has 158 valence electrons. The third-order valence-corrected chi connectivity index (χ3v) is 5.33. The molecule has 10 heteroatoms. The molecule has 7 nitrogen and oxygen atoms in total. The summed E-state index contributed by atoms with van der Waals surface area (Å²) in [5.74, 6) is 0.0780. The van der Waals surface area contributed by atoms with Crippen LogP contribution in [-0.4, -0.2) is 36.7 Å². The summed E-state index contributed by atoms with van der Waals surface area (Å²) in [6.07, 6.45) is -0.428. The summed E-state index contributed by atoms with van der Waals surface area (Å²) < 4.78 is 41.9. The average molecular weight is 419 g/mol. The van der Waals surface area contributed by atoms with Crippen molar-refractivity contribution < 1.29 is 13.2 Å². The van der Waals surface area contributed by atoms with Crippen molar-refractivity contribution in [2.75, 3.05) is 6.54 Å². The predicted octanol–water partition coefficient (Wildman–Crippen LogP) is 2.39. The molecule has 1 aliphatic rings. The number of rotatable bonds is 4. The highest BCUT2D eigenvalue weighted by atomic mass is 19.4. The van der Waals surface area contributed by atoms with Gasteiger partial charge >= 0.3 is 6.18 Å². The van der Waals surface area contributed by atoms with Gasteiger partial charge in [-0.1, -0.05) is 12.1 Å². The van der Waals surface area contributed by atoms with Gasteiger partial charge < -0.3 is 4.57 Å². The zero-order valence-electron chi connectivity index (χ0n) is 16.3. The number of nitrogens with zero attached hydrogens (tertiary/aromatic N) is 5. The van der Waals surface area contributed by atoms with Crippen LogP contribution in [0.15, 0.2) is 46.4 Å². The highest BCUT2D eigenvalue weighted by molar-refractivity contribution is 5.77. The average Bonchev–Trinajstić information content (AvgIpc) is 3.15. The van der Waals surface area contributed by atoms with E-state index < -0.39 is 24.3 Å². The van der Waals surface area contributed by atoms with Gasteiger partial charge in [0.05, 0.1) is 23.3 Å². The van der Waals surface area contributed by atoms with Gasteiger partial charge in [-0.2, -0.15) is 13.2 Å². The van der Waals surface area contributed by atoms with Crippen LogP contribution in [0, 0.1) is 0 Å². The Hall–Kier alpha value is -3.01. The first-order chi connectivity index (χ1) is 14.2. The molecule has 0 amide bonds. The molecule has 1 fully saturated rings. The van der Waals surface area contributed by atoms with E-state index in [0.717, 1.165) is 11.0 Å². The van der Waals surface area contributed by atoms with Crippen LogP contribution < -0.4 is 11.1 Å². The molecule has 1 saturated heterocycles. The van der Waals surface area contributed by atoms with Crippen LogP contribution >= 0.6 is 0 Å². The maximum atomic E-state index is 13.3. The summed E-state index contributed by atoms with van der Waals surface area (Å²) in [5.41, 5.74) is -0.121. The maximum absolute atomic E-state index is 13.3. The van der Waals surface area contributed by atoms with E-state index in [4.69, 9.17) is 0 Å². The van der Waals surface area contributed by atoms with E-state index in [1.54, 1.807) is 25.2 Å². The molecule has 1 atom stereocenters. The van der Waals surface area contributed by atoms with Crippen molar-refractivity contribution in [1.82, 2.24) is 24.0 Å². The maximum Gasteiger partial charge on any atom is 0.406 e. The van der Waals surface area contributed by atoms with E-state index in [1.807, 2.05) is 4.90 Å². The third kappa shape index (κ3) is 3.87. The van der Waals surface area contributed by atoms with Gasteiger partial charge in [-0.25, -0.2) is 9.97 Å². The minimum absolute atomic E-state index is 0.0780. The van der Waals surface area contributed by atoms with Gasteiger partial charge in [0.15, 0.2) is 0 Å². The molecule has 1 aromatic carbocycles. The highest BCUT2D eigenvalue weighted by Gasteiger charge is 2.35. The fraction of sp³-hybridized carbons (Fsp3) is 0.400. The Bertz CT molecular complexity index is 1200. The molecule has 0 bridgehead atoms. The number of para-hydroxylation sites is 1. The molecule has 4 rings (SSSR count). The normalized spacial score (nSPS) is 17.7. The SMILES string of the molecule is Cn1cncc(CN2CCCC2c2nc3ccccc3c(=O)n2CC(F)(F)F)c1=O. The molecule has 0 aliphatic carbocycles. The summed E-state index contributed by atoms with van der Waals surface area (Å²) in [4.78, 5) is 35.6. The molecule has 1 aliphatic heterocycles. The minimum atomic E-state index is -4.56. The summed E-state index contributed by atoms with van der Waals surface area (Å²) in [6, 6.07) is 5.89. The van der Waals surface area contributed by atoms with Crippen molar-refractivity contribution in [2.24, 2.45) is 7.05 Å². The van der Waals surface area contributed by atoms with Gasteiger partial charge in [0.25, 0.3) is 11.1 Å². The number of hydrogen-bond acceptors (Lipinski definition) is 5. The molecular formula is C20H20F3N5O2. The van der Waals surface area contributed by atoms with Crippen LogP contribution in [-0.2, 0) is 20.1 Å². The Labute approximate surface area is 169 Å². The van der Waals surface area contributed by atoms with Crippen molar-refractivity contribution in [3.8, 4) is 0 Å². The first-order valence-corrected chi connectivity index (χ1v) is 9.54. The topological polar surface area (TPSA) is 73.0 Å². The van der Waals surface area contributed by atoms with Crippen LogP contribution in [0.1, 0.15) is 30.3 Å². The standard InChI is InChI=1S/C20H20F3N5O2/c1-26-12-24-9-13(18(26)29)10-27-8-4-7-16(27)17-25-15-6-3-2-5-14(15)19(30)28(17)11-20(21,22)23/h2-3,5-6,9,12,16H,4,7-8,10-11H2,1H3. The lowest BCUT2D eigenvalue weighted by atomic mass is 10.1. The Balaban J connectivity index is 1.80. The summed E-state index contributed by atoms with van der Waals surface area (Å²) in [7, 11) is 1.59. The molecule has 0 saturated carbocycles. The van der Waals surface area contributed by atoms with Gasteiger partial charge in [-0.3, -0.25) is 19.1 Å². The Kier molecular flexibility index (Phi) is 5.19. The number of hydrogen-bond donors (Lipinski definition) is 0. The van der Waals surface area contributed by atoms with Gasteiger partial charge in [-0.15, -0.1) is 0 Å². The van der Waals surface area contributed by atoms with Crippen LogP contribution in [0.3, 0.4) is 0 Å². The molecule has 2 aromatic heterocycles. The third-order valence-electron chi connectivity index (χ3n) is 5.33. The van der Waals surface area contributed by atoms with Gasteiger partial charge in [0.1, 0.15) is 12.4 Å². The summed E-state index contributed by atoms with van der Waals surface area (Å²) in [5, 5.41) is 0.149. The van der Waals surface area contributed by atoms with Gasteiger partial charge in [-0.05, 0) is 31.5 Å². The van der Waals surface area contributed by atoms with Crippen LogP contribution in [0.5, 0.6) is 0 Å². The van der Waals surface area contributed by atoms with Crippen molar-refractivity contribution in [3.05, 3.63) is 68.9 Å². The lowest BCUT2D eigenvalue weighted by Crippen LogP contribution is -2.36. The van der Waals surface area contributed by atoms with Crippen LogP contribution in [0.4, 0.5) is 13.2 Å². The molecular weight excluding hydrogens is 399 g/mol. The number of benzene rings is 1. The lowest BCUT2D eigenvalue weighted by molar-refractivity contribution is -0.142. The van der Waals surface area contributed by atoms with Crippen molar-refractivity contribution in [2.45, 2.75) is 38.1 Å². The van der Waals surface area contributed by atoms with Crippen molar-refractivity contribution >= 4 is 10.9 Å². The van der Waals surface area contributed by atoms with E-state index in [1.165, 1.54) is 23.2 Å². The molecule has 0 radical (unpaired) electrons. The second kappa shape index (κ2) is 7.67. The molecule has 3 heterocycles. The fourth-order valence-corrected chi connectivity index (χ4v) is 3.96. The largest absolute Gasteiger partial charge is 0.406 e. The first kappa shape index (κ1) is 20.3. The molecule has 0 N–H and O–H groups in total. The Morgan fingerprint density at radius 2 is 1.93 bits per heavy atom. The molecule has 0 spiro atoms. The lowest BCUT2D eigenvalue weighted by Gasteiger charge is -2.26. The Morgan fingerprint density at radius 1 is 1.17 bits per heavy atom. The number of likely N-dealkylation sites (tertiary alicyclic amines) is 1.